The molecule has 0 saturated carbocycles. The largest absolute Gasteiger partial charge is 0.547 e. The number of carbonyl (C=O) groups excluding carboxylic acids is 2. The third-order valence-electron chi connectivity index (χ3n) is 2.18. The summed E-state index contributed by atoms with van der Waals surface area (Å²) in [6, 6.07) is 0. The molecule has 0 amide bonds. The minimum atomic E-state index is -2.73. The van der Waals surface area contributed by atoms with Crippen LogP contribution in [-0.4, -0.2) is 42.1 Å². The molecule has 1 N–H and O–H groups in total. The van der Waals surface area contributed by atoms with E-state index in [-0.39, 0.29) is 0 Å². The summed E-state index contributed by atoms with van der Waals surface area (Å²) in [6.07, 6.45) is 0. The zero-order valence-electron chi connectivity index (χ0n) is 8.60. The molecule has 2 unspecified atom stereocenters. The molecule has 2 atom stereocenters. The number of carbonyl (C=O) groups is 2. The van der Waals surface area contributed by atoms with Crippen molar-refractivity contribution in [2.75, 3.05) is 13.9 Å². The summed E-state index contributed by atoms with van der Waals surface area (Å²) in [7, 11) is 1.21. The van der Waals surface area contributed by atoms with Crippen LogP contribution in [0.4, 0.5) is 0 Å². The molecule has 88 valence electrons. The highest BCUT2D eigenvalue weighted by Crippen LogP contribution is 2.25. The van der Waals surface area contributed by atoms with Crippen LogP contribution in [0, 0.1) is 0 Å². The molecule has 7 heteroatoms. The van der Waals surface area contributed by atoms with Crippen LogP contribution < -0.4 is 10.2 Å². The fourth-order valence-corrected chi connectivity index (χ4v) is 0.770. The minimum absolute atomic E-state index is 0.506. The van der Waals surface area contributed by atoms with Crippen LogP contribution in [0.3, 0.4) is 0 Å². The van der Waals surface area contributed by atoms with E-state index in [1.54, 1.807) is 0 Å². The van der Waals surface area contributed by atoms with Gasteiger partial charge < -0.3 is 34.4 Å². The first-order valence-corrected chi connectivity index (χ1v) is 3.98. The third kappa shape index (κ3) is 2.44. The zero-order valence-corrected chi connectivity index (χ0v) is 8.60. The molecule has 7 nitrogen and oxygen atoms in total. The average Bonchev–Trinajstić information content (AvgIpc) is 2.13. The molecule has 0 aliphatic carbocycles. The van der Waals surface area contributed by atoms with Crippen molar-refractivity contribution in [2.24, 2.45) is 0 Å². The van der Waals surface area contributed by atoms with Crippen molar-refractivity contribution >= 4 is 11.9 Å². The van der Waals surface area contributed by atoms with Crippen molar-refractivity contribution in [2.45, 2.75) is 25.0 Å². The Morgan fingerprint density at radius 3 is 2.00 bits per heavy atom. The predicted molar refractivity (Wildman–Crippen MR) is 42.0 cm³/mol. The van der Waals surface area contributed by atoms with E-state index in [9.17, 15) is 24.9 Å². The number of carboxylic acids is 2. The van der Waals surface area contributed by atoms with Gasteiger partial charge in [0.05, 0.1) is 11.9 Å². The Labute approximate surface area is 86.2 Å². The minimum Gasteiger partial charge on any atom is -0.547 e. The van der Waals surface area contributed by atoms with Gasteiger partial charge in [-0.1, -0.05) is 0 Å². The fraction of sp³-hybridized carbons (Fsp3) is 0.750. The van der Waals surface area contributed by atoms with Crippen LogP contribution in [-0.2, 0) is 19.1 Å². The highest BCUT2D eigenvalue weighted by atomic mass is 16.7. The van der Waals surface area contributed by atoms with E-state index in [1.165, 1.54) is 7.11 Å². The lowest BCUT2D eigenvalue weighted by Crippen LogP contribution is -2.68. The molecule has 0 radical (unpaired) electrons. The van der Waals surface area contributed by atoms with Crippen molar-refractivity contribution in [1.82, 2.24) is 0 Å². The monoisotopic (exact) mass is 220 g/mol. The van der Waals surface area contributed by atoms with Gasteiger partial charge in [-0.15, -0.1) is 0 Å². The third-order valence-corrected chi connectivity index (χ3v) is 2.18. The lowest BCUT2D eigenvalue weighted by molar-refractivity contribution is -0.362. The molecule has 15 heavy (non-hydrogen) atoms. The summed E-state index contributed by atoms with van der Waals surface area (Å²) in [4.78, 5) is 21.3. The molecule has 0 spiro atoms. The normalized spacial score (nSPS) is 18.9. The second-order valence-electron chi connectivity index (χ2n) is 3.23. The Morgan fingerprint density at radius 1 is 1.27 bits per heavy atom. The SMILES string of the molecule is COCOC(C)(C(=O)[O-])C(C)(O)C(=O)[O-]. The van der Waals surface area contributed by atoms with Gasteiger partial charge in [0.1, 0.15) is 18.0 Å². The lowest BCUT2D eigenvalue weighted by atomic mass is 9.86. The van der Waals surface area contributed by atoms with Crippen molar-refractivity contribution in [3.63, 3.8) is 0 Å². The van der Waals surface area contributed by atoms with Crippen LogP contribution >= 0.6 is 0 Å². The van der Waals surface area contributed by atoms with E-state index in [1.807, 2.05) is 0 Å². The van der Waals surface area contributed by atoms with Gasteiger partial charge in [0, 0.05) is 7.11 Å². The topological polar surface area (TPSA) is 119 Å². The quantitative estimate of drug-likeness (QED) is 0.463. The molecule has 0 aliphatic heterocycles. The standard InChI is InChI=1S/C8H14O7/c1-7(13,5(9)10)8(2,6(11)12)15-4-14-3/h13H,4H2,1-3H3,(H,9,10)(H,11,12)/p-2. The van der Waals surface area contributed by atoms with Crippen LogP contribution in [0.5, 0.6) is 0 Å². The van der Waals surface area contributed by atoms with Crippen molar-refractivity contribution in [1.29, 1.82) is 0 Å². The van der Waals surface area contributed by atoms with Crippen molar-refractivity contribution in [3.05, 3.63) is 0 Å². The lowest BCUT2D eigenvalue weighted by Gasteiger charge is -2.43. The summed E-state index contributed by atoms with van der Waals surface area (Å²) in [5.41, 5.74) is -5.19. The summed E-state index contributed by atoms with van der Waals surface area (Å²) in [5, 5.41) is 30.7. The predicted octanol–water partition coefficient (Wildman–Crippen LogP) is -3.38. The number of methoxy groups -OCH3 is 1. The highest BCUT2D eigenvalue weighted by Gasteiger charge is 2.47. The molecule has 0 bridgehead atoms. The van der Waals surface area contributed by atoms with Crippen LogP contribution in [0.2, 0.25) is 0 Å². The van der Waals surface area contributed by atoms with Crippen LogP contribution in [0.1, 0.15) is 13.8 Å². The summed E-state index contributed by atoms with van der Waals surface area (Å²) in [5.74, 6) is -3.86. The van der Waals surface area contributed by atoms with Crippen LogP contribution in [0.25, 0.3) is 0 Å². The van der Waals surface area contributed by atoms with Gasteiger partial charge in [-0.2, -0.15) is 0 Å². The number of hydrogen-bond donors (Lipinski definition) is 1. The zero-order chi connectivity index (χ0) is 12.3. The first-order valence-electron chi connectivity index (χ1n) is 3.98. The van der Waals surface area contributed by atoms with Gasteiger partial charge in [-0.05, 0) is 13.8 Å². The summed E-state index contributed by atoms with van der Waals surface area (Å²) < 4.78 is 9.04. The molecular formula is C8H12O7-2. The van der Waals surface area contributed by atoms with Gasteiger partial charge >= 0.3 is 0 Å². The molecular weight excluding hydrogens is 208 g/mol. The first kappa shape index (κ1) is 13.8. The molecule has 0 saturated heterocycles. The number of hydrogen-bond acceptors (Lipinski definition) is 7. The van der Waals surface area contributed by atoms with Gasteiger partial charge in [0.15, 0.2) is 0 Å². The molecule has 0 aromatic carbocycles. The maximum Gasteiger partial charge on any atom is 0.147 e. The fourth-order valence-electron chi connectivity index (χ4n) is 0.770. The molecule has 0 heterocycles. The van der Waals surface area contributed by atoms with E-state index < -0.39 is 29.9 Å². The number of aliphatic hydroxyl groups is 1. The Balaban J connectivity index is 5.10. The number of rotatable bonds is 6. The molecule has 0 fully saturated rings. The Bertz CT molecular complexity index is 260. The Morgan fingerprint density at radius 2 is 1.73 bits per heavy atom. The second-order valence-corrected chi connectivity index (χ2v) is 3.23. The smallest absolute Gasteiger partial charge is 0.147 e. The van der Waals surface area contributed by atoms with Gasteiger partial charge in [0.25, 0.3) is 0 Å². The number of ether oxygens (including phenoxy) is 2. The first-order chi connectivity index (χ1) is 6.70. The summed E-state index contributed by atoms with van der Waals surface area (Å²) >= 11 is 0. The van der Waals surface area contributed by atoms with Crippen molar-refractivity contribution < 1.29 is 34.4 Å². The Kier molecular flexibility index (Phi) is 4.20. The maximum atomic E-state index is 10.7. The highest BCUT2D eigenvalue weighted by molar-refractivity contribution is 5.88. The van der Waals surface area contributed by atoms with E-state index in [4.69, 9.17) is 0 Å². The molecule has 0 aromatic heterocycles. The van der Waals surface area contributed by atoms with Gasteiger partial charge in [-0.25, -0.2) is 0 Å². The number of aliphatic carboxylic acids is 2. The molecule has 0 aromatic rings. The molecule has 0 aliphatic rings. The summed E-state index contributed by atoms with van der Waals surface area (Å²) in [6.45, 7) is 1.10. The van der Waals surface area contributed by atoms with Gasteiger partial charge in [0.2, 0.25) is 0 Å². The number of carboxylic acid groups (broad SMARTS) is 2. The van der Waals surface area contributed by atoms with Crippen molar-refractivity contribution in [3.8, 4) is 0 Å². The van der Waals surface area contributed by atoms with E-state index >= 15 is 0 Å². The Hall–Kier alpha value is -1.18. The maximum absolute atomic E-state index is 10.7. The van der Waals surface area contributed by atoms with E-state index in [2.05, 4.69) is 9.47 Å². The average molecular weight is 220 g/mol. The van der Waals surface area contributed by atoms with E-state index in [0.717, 1.165) is 13.8 Å². The van der Waals surface area contributed by atoms with Crippen LogP contribution in [0.15, 0.2) is 0 Å². The molecule has 0 rings (SSSR count). The second kappa shape index (κ2) is 4.56. The van der Waals surface area contributed by atoms with Gasteiger partial charge in [-0.3, -0.25) is 0 Å². The van der Waals surface area contributed by atoms with E-state index in [0.29, 0.717) is 0 Å².